The molecule has 3 aliphatic carbocycles. The fourth-order valence-corrected chi connectivity index (χ4v) is 6.10. The normalized spacial score (nSPS) is 52.6. The fourth-order valence-electron chi connectivity index (χ4n) is 6.10. The highest BCUT2D eigenvalue weighted by atomic mass is 16.3. The smallest absolute Gasteiger partial charge is 0.0599 e. The van der Waals surface area contributed by atoms with Gasteiger partial charge in [0.05, 0.1) is 6.10 Å². The molecule has 0 radical (unpaired) electrons. The first-order valence-corrected chi connectivity index (χ1v) is 8.60. The van der Waals surface area contributed by atoms with Crippen molar-refractivity contribution in [1.29, 1.82) is 0 Å². The summed E-state index contributed by atoms with van der Waals surface area (Å²) in [6.45, 7) is 9.78. The van der Waals surface area contributed by atoms with Gasteiger partial charge in [-0.3, -0.25) is 0 Å². The topological polar surface area (TPSA) is 20.2 Å². The molecule has 0 aromatic carbocycles. The molecule has 0 aliphatic heterocycles. The largest absolute Gasteiger partial charge is 0.393 e. The Labute approximate surface area is 119 Å². The molecule has 0 saturated heterocycles. The highest BCUT2D eigenvalue weighted by molar-refractivity contribution is 5.12. The minimum absolute atomic E-state index is 0.0178. The third kappa shape index (κ3) is 1.76. The van der Waals surface area contributed by atoms with Crippen LogP contribution in [-0.4, -0.2) is 11.2 Å². The minimum Gasteiger partial charge on any atom is -0.393 e. The number of hydrogen-bond donors (Lipinski definition) is 1. The molecule has 3 rings (SSSR count). The number of fused-ring (bicyclic) bond motifs is 2. The van der Waals surface area contributed by atoms with E-state index in [-0.39, 0.29) is 6.10 Å². The van der Waals surface area contributed by atoms with Crippen LogP contribution >= 0.6 is 0 Å². The summed E-state index contributed by atoms with van der Waals surface area (Å²) < 4.78 is 0. The van der Waals surface area contributed by atoms with Gasteiger partial charge in [-0.15, -0.1) is 0 Å². The summed E-state index contributed by atoms with van der Waals surface area (Å²) in [5, 5.41) is 10.8. The molecule has 0 spiro atoms. The van der Waals surface area contributed by atoms with Crippen LogP contribution in [0, 0.1) is 34.5 Å². The van der Waals surface area contributed by atoms with E-state index in [1.807, 2.05) is 0 Å². The molecular weight excluding hydrogens is 232 g/mol. The van der Waals surface area contributed by atoms with E-state index in [4.69, 9.17) is 0 Å². The molecule has 19 heavy (non-hydrogen) atoms. The van der Waals surface area contributed by atoms with Crippen molar-refractivity contribution in [1.82, 2.24) is 0 Å². The lowest BCUT2D eigenvalue weighted by Gasteiger charge is -2.47. The predicted octanol–water partition coefficient (Wildman–Crippen LogP) is 4.64. The van der Waals surface area contributed by atoms with Gasteiger partial charge in [-0.05, 0) is 66.6 Å². The van der Waals surface area contributed by atoms with Gasteiger partial charge in [-0.1, -0.05) is 40.5 Å². The third-order valence-corrected chi connectivity index (χ3v) is 7.94. The van der Waals surface area contributed by atoms with E-state index in [0.717, 1.165) is 18.3 Å². The van der Waals surface area contributed by atoms with E-state index >= 15 is 0 Å². The van der Waals surface area contributed by atoms with Gasteiger partial charge in [0.2, 0.25) is 0 Å². The van der Waals surface area contributed by atoms with Crippen LogP contribution in [0.25, 0.3) is 0 Å². The van der Waals surface area contributed by atoms with Crippen molar-refractivity contribution < 1.29 is 5.11 Å². The summed E-state index contributed by atoms with van der Waals surface area (Å²) >= 11 is 0. The van der Waals surface area contributed by atoms with Gasteiger partial charge in [0, 0.05) is 0 Å². The fraction of sp³-hybridized carbons (Fsp3) is 1.00. The Kier molecular flexibility index (Phi) is 3.28. The Morgan fingerprint density at radius 2 is 1.84 bits per heavy atom. The van der Waals surface area contributed by atoms with Crippen molar-refractivity contribution in [3.05, 3.63) is 0 Å². The van der Waals surface area contributed by atoms with Crippen LogP contribution in [0.15, 0.2) is 0 Å². The predicted molar refractivity (Wildman–Crippen MR) is 79.8 cm³/mol. The first kappa shape index (κ1) is 13.9. The Hall–Kier alpha value is -0.0400. The quantitative estimate of drug-likeness (QED) is 0.770. The zero-order valence-electron chi connectivity index (χ0n) is 13.3. The van der Waals surface area contributed by atoms with Crippen molar-refractivity contribution >= 4 is 0 Å². The standard InChI is InChI=1S/C18H32O/c1-5-12-7-6-8-14(16(12)19)15-11-13-9-10-18(15,4)17(13,2)3/h12-16,19H,5-11H2,1-4H3/t12?,13-,14?,15+,16?,18+/m0/s1. The Balaban J connectivity index is 1.84. The molecule has 110 valence electrons. The van der Waals surface area contributed by atoms with Gasteiger partial charge in [-0.25, -0.2) is 0 Å². The molecule has 3 fully saturated rings. The molecule has 0 heterocycles. The van der Waals surface area contributed by atoms with E-state index in [2.05, 4.69) is 27.7 Å². The van der Waals surface area contributed by atoms with Crippen LogP contribution in [0.5, 0.6) is 0 Å². The van der Waals surface area contributed by atoms with Crippen LogP contribution < -0.4 is 0 Å². The molecule has 0 amide bonds. The minimum atomic E-state index is -0.0178. The molecule has 0 aromatic rings. The van der Waals surface area contributed by atoms with Gasteiger partial charge in [0.15, 0.2) is 0 Å². The van der Waals surface area contributed by atoms with Gasteiger partial charge in [-0.2, -0.15) is 0 Å². The first-order valence-electron chi connectivity index (χ1n) is 8.60. The molecule has 2 bridgehead atoms. The van der Waals surface area contributed by atoms with E-state index < -0.39 is 0 Å². The second kappa shape index (κ2) is 4.48. The van der Waals surface area contributed by atoms with Gasteiger partial charge >= 0.3 is 0 Å². The third-order valence-electron chi connectivity index (χ3n) is 7.94. The summed E-state index contributed by atoms with van der Waals surface area (Å²) in [6, 6.07) is 0. The van der Waals surface area contributed by atoms with Crippen molar-refractivity contribution in [3.63, 3.8) is 0 Å². The summed E-state index contributed by atoms with van der Waals surface area (Å²) in [5.74, 6) is 2.86. The number of hydrogen-bond acceptors (Lipinski definition) is 1. The molecule has 3 unspecified atom stereocenters. The maximum atomic E-state index is 10.8. The van der Waals surface area contributed by atoms with Crippen molar-refractivity contribution in [2.45, 2.75) is 78.7 Å². The summed E-state index contributed by atoms with van der Waals surface area (Å²) in [7, 11) is 0. The molecule has 6 atom stereocenters. The summed E-state index contributed by atoms with van der Waals surface area (Å²) in [4.78, 5) is 0. The lowest BCUT2D eigenvalue weighted by molar-refractivity contribution is -0.0507. The second-order valence-electron chi connectivity index (χ2n) is 8.47. The van der Waals surface area contributed by atoms with Crippen LogP contribution in [-0.2, 0) is 0 Å². The van der Waals surface area contributed by atoms with Crippen LogP contribution in [0.2, 0.25) is 0 Å². The van der Waals surface area contributed by atoms with Crippen molar-refractivity contribution in [2.75, 3.05) is 0 Å². The van der Waals surface area contributed by atoms with E-state index in [9.17, 15) is 5.11 Å². The molecule has 3 saturated carbocycles. The van der Waals surface area contributed by atoms with Gasteiger partial charge < -0.3 is 5.11 Å². The zero-order chi connectivity index (χ0) is 13.8. The average molecular weight is 264 g/mol. The average Bonchev–Trinajstić information content (AvgIpc) is 2.71. The maximum absolute atomic E-state index is 10.8. The second-order valence-corrected chi connectivity index (χ2v) is 8.47. The highest BCUT2D eigenvalue weighted by Gasteiger charge is 2.63. The SMILES string of the molecule is CCC1CCCC([C@H]2C[C@@H]3CC[C@@]2(C)C3(C)C)C1O. The molecule has 0 aromatic heterocycles. The summed E-state index contributed by atoms with van der Waals surface area (Å²) in [5.41, 5.74) is 0.982. The number of aliphatic hydroxyl groups is 1. The Morgan fingerprint density at radius 3 is 2.37 bits per heavy atom. The molecule has 3 aliphatic rings. The maximum Gasteiger partial charge on any atom is 0.0599 e. The monoisotopic (exact) mass is 264 g/mol. The zero-order valence-corrected chi connectivity index (χ0v) is 13.3. The first-order chi connectivity index (χ1) is 8.91. The van der Waals surface area contributed by atoms with Crippen LogP contribution in [0.3, 0.4) is 0 Å². The van der Waals surface area contributed by atoms with E-state index in [1.54, 1.807) is 0 Å². The lowest BCUT2D eigenvalue weighted by atomic mass is 9.59. The molecule has 1 heteroatoms. The van der Waals surface area contributed by atoms with Gasteiger partial charge in [0.1, 0.15) is 0 Å². The van der Waals surface area contributed by atoms with Gasteiger partial charge in [0.25, 0.3) is 0 Å². The molecule has 1 N–H and O–H groups in total. The highest BCUT2D eigenvalue weighted by Crippen LogP contribution is 2.70. The van der Waals surface area contributed by atoms with Crippen molar-refractivity contribution in [2.24, 2.45) is 34.5 Å². The molecule has 1 nitrogen and oxygen atoms in total. The van der Waals surface area contributed by atoms with Crippen molar-refractivity contribution in [3.8, 4) is 0 Å². The molecular formula is C18H32O. The number of aliphatic hydroxyl groups excluding tert-OH is 1. The van der Waals surface area contributed by atoms with E-state index in [1.165, 1.54) is 38.5 Å². The Morgan fingerprint density at radius 1 is 1.11 bits per heavy atom. The number of rotatable bonds is 2. The van der Waals surface area contributed by atoms with Crippen LogP contribution in [0.4, 0.5) is 0 Å². The van der Waals surface area contributed by atoms with Crippen LogP contribution in [0.1, 0.15) is 72.6 Å². The summed E-state index contributed by atoms with van der Waals surface area (Å²) in [6.07, 6.45) is 9.24. The Bertz CT molecular complexity index is 348. The van der Waals surface area contributed by atoms with E-state index in [0.29, 0.717) is 22.7 Å². The lowest BCUT2D eigenvalue weighted by Crippen LogP contribution is -2.44.